The van der Waals surface area contributed by atoms with Crippen molar-refractivity contribution < 1.29 is 17.9 Å². The smallest absolute Gasteiger partial charge is 0.281 e. The molecule has 0 radical (unpaired) electrons. The average molecular weight is 597 g/mol. The summed E-state index contributed by atoms with van der Waals surface area (Å²) < 4.78 is 43.2. The Kier molecular flexibility index (Phi) is 8.68. The molecule has 0 unspecified atom stereocenters. The molecule has 0 aromatic carbocycles. The third-order valence-electron chi connectivity index (χ3n) is 7.39. The predicted octanol–water partition coefficient (Wildman–Crippen LogP) is 1.88. The van der Waals surface area contributed by atoms with E-state index in [1.165, 1.54) is 21.1 Å². The number of sulfonamides is 1. The molecule has 1 aliphatic rings. The summed E-state index contributed by atoms with van der Waals surface area (Å²) in [7, 11) is -0.731. The number of aromatic nitrogens is 6. The normalized spacial score (nSPS) is 15.7. The molecule has 42 heavy (non-hydrogen) atoms. The van der Waals surface area contributed by atoms with Gasteiger partial charge in [0.1, 0.15) is 22.3 Å². The van der Waals surface area contributed by atoms with Crippen molar-refractivity contribution in [2.75, 3.05) is 46.4 Å². The average Bonchev–Trinajstić information content (AvgIpc) is 3.38. The van der Waals surface area contributed by atoms with Crippen molar-refractivity contribution in [2.45, 2.75) is 38.2 Å². The fraction of sp³-hybridized carbons (Fsp3) is 0.464. The van der Waals surface area contributed by atoms with Crippen molar-refractivity contribution in [3.8, 4) is 23.1 Å². The van der Waals surface area contributed by atoms with Crippen LogP contribution < -0.4 is 10.3 Å². The van der Waals surface area contributed by atoms with E-state index in [-0.39, 0.29) is 39.8 Å². The standard InChI is InChI=1S/C28H36N8O5S/c1-6-22-24-25(32-36(22)23-10-8-9-11-29-23)28(37)33(4)26(31-24)21-16-20(17-30-27(21)41-19(3)18-40-5)42(38,39)35-14-12-34(7-2)13-15-35/h8-11,16-17,19H,6-7,12-15,18H2,1-5H3/t19-/m0/s1. The predicted molar refractivity (Wildman–Crippen MR) is 157 cm³/mol. The van der Waals surface area contributed by atoms with E-state index < -0.39 is 16.1 Å². The Morgan fingerprint density at radius 2 is 1.83 bits per heavy atom. The molecule has 14 heteroatoms. The largest absolute Gasteiger partial charge is 0.472 e. The van der Waals surface area contributed by atoms with Gasteiger partial charge in [-0.3, -0.25) is 9.36 Å². The van der Waals surface area contributed by atoms with Gasteiger partial charge >= 0.3 is 0 Å². The summed E-state index contributed by atoms with van der Waals surface area (Å²) in [5.41, 5.74) is 1.17. The third kappa shape index (κ3) is 5.54. The zero-order valence-electron chi connectivity index (χ0n) is 24.5. The van der Waals surface area contributed by atoms with Gasteiger partial charge in [-0.1, -0.05) is 19.9 Å². The SMILES string of the molecule is CCc1c2nc(-c3cc(S(=O)(=O)N4CCN(CC)CC4)cnc3O[C@@H](C)COC)n(C)c(=O)c2nn1-c1ccccn1. The lowest BCUT2D eigenvalue weighted by molar-refractivity contribution is 0.0893. The number of ether oxygens (including phenoxy) is 2. The molecule has 1 fully saturated rings. The number of hydrogen-bond acceptors (Lipinski definition) is 10. The van der Waals surface area contributed by atoms with Crippen LogP contribution in [-0.2, 0) is 28.2 Å². The van der Waals surface area contributed by atoms with Crippen LogP contribution in [-0.4, -0.2) is 99.5 Å². The maximum atomic E-state index is 13.7. The summed E-state index contributed by atoms with van der Waals surface area (Å²) in [6, 6.07) is 6.94. The third-order valence-corrected chi connectivity index (χ3v) is 9.26. The number of rotatable bonds is 10. The highest BCUT2D eigenvalue weighted by Gasteiger charge is 2.31. The van der Waals surface area contributed by atoms with Gasteiger partial charge in [0.2, 0.25) is 15.9 Å². The molecule has 5 rings (SSSR count). The number of nitrogens with zero attached hydrogens (tertiary/aromatic N) is 8. The number of aryl methyl sites for hydroxylation is 1. The second-order valence-electron chi connectivity index (χ2n) is 10.1. The van der Waals surface area contributed by atoms with Crippen LogP contribution in [0.15, 0.2) is 46.3 Å². The van der Waals surface area contributed by atoms with Crippen molar-refractivity contribution in [1.29, 1.82) is 0 Å². The summed E-state index contributed by atoms with van der Waals surface area (Å²) in [6.45, 7) is 9.03. The van der Waals surface area contributed by atoms with Gasteiger partial charge < -0.3 is 14.4 Å². The maximum absolute atomic E-state index is 13.7. The van der Waals surface area contributed by atoms with Gasteiger partial charge in [0.25, 0.3) is 5.56 Å². The van der Waals surface area contributed by atoms with E-state index in [9.17, 15) is 13.2 Å². The quantitative estimate of drug-likeness (QED) is 0.267. The number of pyridine rings is 2. The molecule has 0 amide bonds. The Balaban J connectivity index is 1.68. The molecule has 13 nitrogen and oxygen atoms in total. The Labute approximate surface area is 244 Å². The van der Waals surface area contributed by atoms with E-state index in [0.29, 0.717) is 49.6 Å². The molecule has 4 aromatic rings. The minimum atomic E-state index is -3.87. The second-order valence-corrected chi connectivity index (χ2v) is 12.1. The van der Waals surface area contributed by atoms with Crippen LogP contribution in [0.2, 0.25) is 0 Å². The van der Waals surface area contributed by atoms with Crippen molar-refractivity contribution in [1.82, 2.24) is 38.5 Å². The summed E-state index contributed by atoms with van der Waals surface area (Å²) in [5.74, 6) is 0.917. The van der Waals surface area contributed by atoms with Crippen LogP contribution in [0.5, 0.6) is 5.88 Å². The molecule has 0 bridgehead atoms. The number of fused-ring (bicyclic) bond motifs is 1. The van der Waals surface area contributed by atoms with Gasteiger partial charge in [0.15, 0.2) is 11.3 Å². The molecule has 0 N–H and O–H groups in total. The molecule has 1 saturated heterocycles. The fourth-order valence-electron chi connectivity index (χ4n) is 5.09. The number of methoxy groups -OCH3 is 1. The van der Waals surface area contributed by atoms with Crippen molar-refractivity contribution in [2.24, 2.45) is 7.05 Å². The van der Waals surface area contributed by atoms with Gasteiger partial charge in [-0.05, 0) is 38.1 Å². The zero-order chi connectivity index (χ0) is 30.0. The van der Waals surface area contributed by atoms with Gasteiger partial charge in [0.05, 0.1) is 24.1 Å². The molecule has 1 atom stereocenters. The zero-order valence-corrected chi connectivity index (χ0v) is 25.3. The first-order valence-corrected chi connectivity index (χ1v) is 15.4. The Hall–Kier alpha value is -3.72. The fourth-order valence-corrected chi connectivity index (χ4v) is 6.49. The van der Waals surface area contributed by atoms with Crippen LogP contribution in [0.4, 0.5) is 0 Å². The Morgan fingerprint density at radius 3 is 2.48 bits per heavy atom. The van der Waals surface area contributed by atoms with Crippen molar-refractivity contribution >= 4 is 21.1 Å². The first-order valence-electron chi connectivity index (χ1n) is 14.0. The van der Waals surface area contributed by atoms with Gasteiger partial charge in [-0.15, -0.1) is 0 Å². The molecule has 1 aliphatic heterocycles. The minimum absolute atomic E-state index is 0.00318. The van der Waals surface area contributed by atoms with E-state index in [0.717, 1.165) is 6.54 Å². The lowest BCUT2D eigenvalue weighted by atomic mass is 10.2. The Morgan fingerprint density at radius 1 is 1.07 bits per heavy atom. The highest BCUT2D eigenvalue weighted by atomic mass is 32.2. The van der Waals surface area contributed by atoms with Gasteiger partial charge in [-0.25, -0.2) is 28.1 Å². The molecule has 4 aromatic heterocycles. The maximum Gasteiger partial charge on any atom is 0.281 e. The van der Waals surface area contributed by atoms with Crippen LogP contribution in [0, 0.1) is 0 Å². The molecule has 0 spiro atoms. The first-order chi connectivity index (χ1) is 20.2. The number of hydrogen-bond donors (Lipinski definition) is 0. The summed E-state index contributed by atoms with van der Waals surface area (Å²) in [5, 5.41) is 4.56. The highest BCUT2D eigenvalue weighted by Crippen LogP contribution is 2.32. The molecular formula is C28H36N8O5S. The van der Waals surface area contributed by atoms with Crippen LogP contribution in [0.25, 0.3) is 28.2 Å². The van der Waals surface area contributed by atoms with Crippen LogP contribution in [0.3, 0.4) is 0 Å². The minimum Gasteiger partial charge on any atom is -0.472 e. The molecule has 0 aliphatic carbocycles. The van der Waals surface area contributed by atoms with Crippen LogP contribution >= 0.6 is 0 Å². The topological polar surface area (TPSA) is 138 Å². The molecule has 224 valence electrons. The van der Waals surface area contributed by atoms with E-state index in [2.05, 4.69) is 26.9 Å². The summed E-state index contributed by atoms with van der Waals surface area (Å²) >= 11 is 0. The lowest BCUT2D eigenvalue weighted by Gasteiger charge is -2.33. The monoisotopic (exact) mass is 596 g/mol. The van der Waals surface area contributed by atoms with Crippen molar-refractivity contribution in [3.05, 3.63) is 52.7 Å². The van der Waals surface area contributed by atoms with Gasteiger partial charge in [-0.2, -0.15) is 9.40 Å². The molecule has 5 heterocycles. The Bertz CT molecular complexity index is 1730. The second kappa shape index (κ2) is 12.3. The van der Waals surface area contributed by atoms with E-state index in [4.69, 9.17) is 14.5 Å². The van der Waals surface area contributed by atoms with E-state index >= 15 is 0 Å². The lowest BCUT2D eigenvalue weighted by Crippen LogP contribution is -2.48. The van der Waals surface area contributed by atoms with Crippen molar-refractivity contribution in [3.63, 3.8) is 0 Å². The number of likely N-dealkylation sites (N-methyl/N-ethyl adjacent to an activating group) is 1. The van der Waals surface area contributed by atoms with E-state index in [1.54, 1.807) is 37.2 Å². The van der Waals surface area contributed by atoms with E-state index in [1.807, 2.05) is 19.9 Å². The molecular weight excluding hydrogens is 560 g/mol. The molecule has 0 saturated carbocycles. The first kappa shape index (κ1) is 29.8. The number of piperazine rings is 1. The van der Waals surface area contributed by atoms with Gasteiger partial charge in [0, 0.05) is 46.5 Å². The highest BCUT2D eigenvalue weighted by molar-refractivity contribution is 7.89. The summed E-state index contributed by atoms with van der Waals surface area (Å²) in [6.07, 6.45) is 3.08. The summed E-state index contributed by atoms with van der Waals surface area (Å²) in [4.78, 5) is 29.6. The van der Waals surface area contributed by atoms with Crippen LogP contribution in [0.1, 0.15) is 26.5 Å².